The third kappa shape index (κ3) is 8.07. The molecule has 0 unspecified atom stereocenters. The quantitative estimate of drug-likeness (QED) is 0.413. The Morgan fingerprint density at radius 3 is 2.20 bits per heavy atom. The number of ether oxygens (including phenoxy) is 1. The largest absolute Gasteiger partial charge is 0.469 e. The van der Waals surface area contributed by atoms with Crippen molar-refractivity contribution in [2.45, 2.75) is 25.7 Å². The Balaban J connectivity index is 2.00. The van der Waals surface area contributed by atoms with Crippen molar-refractivity contribution in [3.8, 4) is 0 Å². The van der Waals surface area contributed by atoms with E-state index in [-0.39, 0.29) is 12.6 Å². The van der Waals surface area contributed by atoms with Gasteiger partial charge >= 0.3 is 13.8 Å². The van der Waals surface area contributed by atoms with Gasteiger partial charge in [0.05, 0.1) is 18.8 Å². The van der Waals surface area contributed by atoms with E-state index in [0.717, 1.165) is 12.8 Å². The topological polar surface area (TPSA) is 93.1 Å². The molecule has 2 N–H and O–H groups in total. The van der Waals surface area contributed by atoms with Crippen molar-refractivity contribution in [2.75, 3.05) is 13.2 Å². The van der Waals surface area contributed by atoms with Gasteiger partial charge in [-0.2, -0.15) is 0 Å². The minimum absolute atomic E-state index is 0.0358. The number of unbranched alkanes of at least 4 members (excludes halogenated alkanes) is 3. The average molecular weight is 302 g/mol. The predicted molar refractivity (Wildman–Crippen MR) is 73.2 cm³/mol. The highest BCUT2D eigenvalue weighted by atomic mass is 31.2. The second-order valence-electron chi connectivity index (χ2n) is 4.24. The van der Waals surface area contributed by atoms with Gasteiger partial charge in [0.1, 0.15) is 0 Å². The van der Waals surface area contributed by atoms with Gasteiger partial charge in [-0.15, -0.1) is 0 Å². The van der Waals surface area contributed by atoms with Crippen molar-refractivity contribution in [1.82, 2.24) is 0 Å². The lowest BCUT2D eigenvalue weighted by molar-refractivity contribution is 0.0497. The number of hydrogen-bond donors (Lipinski definition) is 2. The van der Waals surface area contributed by atoms with Crippen LogP contribution in [0.2, 0.25) is 0 Å². The van der Waals surface area contributed by atoms with Crippen molar-refractivity contribution < 1.29 is 28.4 Å². The van der Waals surface area contributed by atoms with Crippen LogP contribution in [0.15, 0.2) is 30.3 Å². The van der Waals surface area contributed by atoms with E-state index in [9.17, 15) is 9.36 Å². The zero-order valence-electron chi connectivity index (χ0n) is 11.1. The molecule has 0 aliphatic carbocycles. The fourth-order valence-corrected chi connectivity index (χ4v) is 1.93. The van der Waals surface area contributed by atoms with Crippen molar-refractivity contribution >= 4 is 13.8 Å². The molecule has 0 heterocycles. The molecule has 0 saturated carbocycles. The Labute approximate surface area is 118 Å². The minimum atomic E-state index is -4.34. The summed E-state index contributed by atoms with van der Waals surface area (Å²) in [4.78, 5) is 28.5. The standard InChI is InChI=1S/C13H19O6P/c14-13(12-8-4-3-5-9-12)18-10-6-1-2-7-11-19-20(15,16)17/h3-5,8-9H,1-2,6-7,10-11H2,(H2,15,16,17). The summed E-state index contributed by atoms with van der Waals surface area (Å²) in [5, 5.41) is 0. The van der Waals surface area contributed by atoms with Crippen molar-refractivity contribution in [3.05, 3.63) is 35.9 Å². The van der Waals surface area contributed by atoms with Crippen LogP contribution in [0.3, 0.4) is 0 Å². The summed E-state index contributed by atoms with van der Waals surface area (Å²) in [6.07, 6.45) is 2.86. The monoisotopic (exact) mass is 302 g/mol. The van der Waals surface area contributed by atoms with Gasteiger partial charge in [-0.05, 0) is 31.4 Å². The first kappa shape index (κ1) is 16.9. The van der Waals surface area contributed by atoms with E-state index in [0.29, 0.717) is 25.0 Å². The highest BCUT2D eigenvalue weighted by Gasteiger charge is 2.12. The number of rotatable bonds is 9. The van der Waals surface area contributed by atoms with Gasteiger partial charge in [0.25, 0.3) is 0 Å². The van der Waals surface area contributed by atoms with Gasteiger partial charge in [-0.25, -0.2) is 9.36 Å². The first-order chi connectivity index (χ1) is 9.49. The van der Waals surface area contributed by atoms with Crippen LogP contribution in [0, 0.1) is 0 Å². The van der Waals surface area contributed by atoms with Gasteiger partial charge < -0.3 is 14.5 Å². The van der Waals surface area contributed by atoms with Crippen LogP contribution in [0.4, 0.5) is 0 Å². The van der Waals surface area contributed by atoms with Gasteiger partial charge in [-0.3, -0.25) is 4.52 Å². The average Bonchev–Trinajstić information content (AvgIpc) is 2.41. The van der Waals surface area contributed by atoms with E-state index >= 15 is 0 Å². The first-order valence-corrected chi connectivity index (χ1v) is 7.94. The number of carbonyl (C=O) groups is 1. The molecule has 112 valence electrons. The maximum absolute atomic E-state index is 11.6. The summed E-state index contributed by atoms with van der Waals surface area (Å²) in [5.74, 6) is -0.338. The molecule has 0 radical (unpaired) electrons. The smallest absolute Gasteiger partial charge is 0.462 e. The fraction of sp³-hybridized carbons (Fsp3) is 0.462. The Bertz CT molecular complexity index is 441. The lowest BCUT2D eigenvalue weighted by Crippen LogP contribution is -2.06. The third-order valence-corrected chi connectivity index (χ3v) is 3.06. The van der Waals surface area contributed by atoms with Gasteiger partial charge in [0.2, 0.25) is 0 Å². The number of benzene rings is 1. The summed E-state index contributed by atoms with van der Waals surface area (Å²) in [6.45, 7) is 0.376. The molecule has 0 spiro atoms. The Kier molecular flexibility index (Phi) is 7.47. The minimum Gasteiger partial charge on any atom is -0.462 e. The van der Waals surface area contributed by atoms with E-state index in [1.807, 2.05) is 6.07 Å². The molecular weight excluding hydrogens is 283 g/mol. The maximum Gasteiger partial charge on any atom is 0.469 e. The van der Waals surface area contributed by atoms with E-state index in [2.05, 4.69) is 4.52 Å². The molecule has 1 aromatic carbocycles. The molecule has 0 amide bonds. The van der Waals surface area contributed by atoms with Crippen LogP contribution < -0.4 is 0 Å². The Morgan fingerprint density at radius 1 is 1.00 bits per heavy atom. The van der Waals surface area contributed by atoms with Crippen molar-refractivity contribution in [3.63, 3.8) is 0 Å². The summed E-state index contributed by atoms with van der Waals surface area (Å²) >= 11 is 0. The second kappa shape index (κ2) is 8.87. The molecule has 1 rings (SSSR count). The molecule has 0 aliphatic rings. The highest BCUT2D eigenvalue weighted by Crippen LogP contribution is 2.35. The molecular formula is C13H19O6P. The Morgan fingerprint density at radius 2 is 1.60 bits per heavy atom. The van der Waals surface area contributed by atoms with Gasteiger partial charge in [0.15, 0.2) is 0 Å². The lowest BCUT2D eigenvalue weighted by atomic mass is 10.2. The SMILES string of the molecule is O=C(OCCCCCCOP(=O)(O)O)c1ccccc1. The van der Waals surface area contributed by atoms with Crippen molar-refractivity contribution in [2.24, 2.45) is 0 Å². The fourth-order valence-electron chi connectivity index (χ4n) is 1.56. The van der Waals surface area contributed by atoms with Crippen LogP contribution in [0.1, 0.15) is 36.0 Å². The predicted octanol–water partition coefficient (Wildman–Crippen LogP) is 2.51. The molecule has 0 saturated heterocycles. The van der Waals surface area contributed by atoms with Crippen LogP contribution in [-0.2, 0) is 13.8 Å². The molecule has 0 atom stereocenters. The zero-order valence-corrected chi connectivity index (χ0v) is 12.0. The summed E-state index contributed by atoms with van der Waals surface area (Å²) in [5.41, 5.74) is 0.530. The highest BCUT2D eigenvalue weighted by molar-refractivity contribution is 7.46. The van der Waals surface area contributed by atoms with Crippen LogP contribution in [0.5, 0.6) is 0 Å². The van der Waals surface area contributed by atoms with E-state index in [1.54, 1.807) is 24.3 Å². The van der Waals surface area contributed by atoms with E-state index in [1.165, 1.54) is 0 Å². The molecule has 6 nitrogen and oxygen atoms in total. The first-order valence-electron chi connectivity index (χ1n) is 6.41. The van der Waals surface area contributed by atoms with Crippen LogP contribution in [0.25, 0.3) is 0 Å². The second-order valence-corrected chi connectivity index (χ2v) is 5.48. The normalized spacial score (nSPS) is 11.3. The molecule has 0 aromatic heterocycles. The van der Waals surface area contributed by atoms with Crippen molar-refractivity contribution in [1.29, 1.82) is 0 Å². The molecule has 0 fully saturated rings. The number of carbonyl (C=O) groups excluding carboxylic acids is 1. The number of phosphoric acid groups is 1. The van der Waals surface area contributed by atoms with Gasteiger partial charge in [0, 0.05) is 0 Å². The lowest BCUT2D eigenvalue weighted by Gasteiger charge is -2.06. The molecule has 20 heavy (non-hydrogen) atoms. The zero-order chi connectivity index (χ0) is 14.8. The summed E-state index contributed by atoms with van der Waals surface area (Å²) in [7, 11) is -4.34. The summed E-state index contributed by atoms with van der Waals surface area (Å²) in [6, 6.07) is 8.77. The maximum atomic E-state index is 11.6. The third-order valence-electron chi connectivity index (χ3n) is 2.54. The Hall–Kier alpha value is -1.20. The molecule has 1 aromatic rings. The summed E-state index contributed by atoms with van der Waals surface area (Å²) < 4.78 is 19.8. The van der Waals surface area contributed by atoms with Crippen LogP contribution in [-0.4, -0.2) is 29.0 Å². The van der Waals surface area contributed by atoms with E-state index < -0.39 is 7.82 Å². The number of phosphoric ester groups is 1. The number of esters is 1. The molecule has 0 aliphatic heterocycles. The van der Waals surface area contributed by atoms with Crippen LogP contribution >= 0.6 is 7.82 Å². The molecule has 0 bridgehead atoms. The number of hydrogen-bond acceptors (Lipinski definition) is 4. The van der Waals surface area contributed by atoms with E-state index in [4.69, 9.17) is 14.5 Å². The van der Waals surface area contributed by atoms with Gasteiger partial charge in [-0.1, -0.05) is 24.6 Å². The molecule has 7 heteroatoms.